The normalized spacial score (nSPS) is 19.1. The number of rotatable bonds is 8. The quantitative estimate of drug-likeness (QED) is 0.599. The molecule has 0 aromatic heterocycles. The summed E-state index contributed by atoms with van der Waals surface area (Å²) in [5.41, 5.74) is 5.43. The number of likely N-dealkylation sites (tertiary alicyclic amines) is 1. The molecule has 4 heteroatoms. The third kappa shape index (κ3) is 5.80. The molecular weight excluding hydrogens is 204 g/mol. The molecule has 1 aliphatic rings. The Kier molecular flexibility index (Phi) is 7.76. The predicted molar refractivity (Wildman–Crippen MR) is 65.4 cm³/mol. The first-order valence-electron chi connectivity index (χ1n) is 6.51. The number of aliphatic hydroxyl groups excluding tert-OH is 1. The average molecular weight is 230 g/mol. The third-order valence-electron chi connectivity index (χ3n) is 3.12. The van der Waals surface area contributed by atoms with E-state index < -0.39 is 0 Å². The van der Waals surface area contributed by atoms with Crippen LogP contribution in [0.25, 0.3) is 0 Å². The summed E-state index contributed by atoms with van der Waals surface area (Å²) in [6.45, 7) is 5.25. The first kappa shape index (κ1) is 13.9. The van der Waals surface area contributed by atoms with Gasteiger partial charge in [0.25, 0.3) is 0 Å². The van der Waals surface area contributed by atoms with Gasteiger partial charge in [-0.3, -0.25) is 0 Å². The van der Waals surface area contributed by atoms with Crippen molar-refractivity contribution in [2.24, 2.45) is 5.73 Å². The summed E-state index contributed by atoms with van der Waals surface area (Å²) in [5.74, 6) is 0. The lowest BCUT2D eigenvalue weighted by molar-refractivity contribution is 0.00684. The minimum atomic E-state index is 0.318. The summed E-state index contributed by atoms with van der Waals surface area (Å²) in [4.78, 5) is 2.47. The molecule has 1 heterocycles. The van der Waals surface area contributed by atoms with E-state index in [2.05, 4.69) is 4.90 Å². The van der Waals surface area contributed by atoms with Crippen LogP contribution in [-0.4, -0.2) is 55.5 Å². The Morgan fingerprint density at radius 1 is 1.19 bits per heavy atom. The molecule has 0 radical (unpaired) electrons. The molecule has 0 saturated carbocycles. The second kappa shape index (κ2) is 8.93. The molecule has 0 aromatic carbocycles. The second-order valence-corrected chi connectivity index (χ2v) is 4.48. The monoisotopic (exact) mass is 230 g/mol. The van der Waals surface area contributed by atoms with Crippen molar-refractivity contribution in [3.8, 4) is 0 Å². The predicted octanol–water partition coefficient (Wildman–Crippen LogP) is 0.589. The Labute approximate surface area is 98.8 Å². The highest BCUT2D eigenvalue weighted by molar-refractivity contribution is 4.72. The molecule has 0 aromatic rings. The van der Waals surface area contributed by atoms with E-state index >= 15 is 0 Å². The molecule has 3 N–H and O–H groups in total. The highest BCUT2D eigenvalue weighted by Gasteiger charge is 2.18. The fourth-order valence-corrected chi connectivity index (χ4v) is 2.08. The van der Waals surface area contributed by atoms with Crippen molar-refractivity contribution < 1.29 is 9.84 Å². The molecule has 1 rings (SSSR count). The zero-order chi connectivity index (χ0) is 11.6. The van der Waals surface area contributed by atoms with Crippen molar-refractivity contribution in [2.75, 3.05) is 39.4 Å². The van der Waals surface area contributed by atoms with E-state index in [0.717, 1.165) is 64.9 Å². The molecule has 0 unspecified atom stereocenters. The van der Waals surface area contributed by atoms with Crippen molar-refractivity contribution in [2.45, 2.75) is 38.2 Å². The van der Waals surface area contributed by atoms with Crippen LogP contribution < -0.4 is 5.73 Å². The molecule has 1 fully saturated rings. The van der Waals surface area contributed by atoms with E-state index in [1.54, 1.807) is 0 Å². The number of ether oxygens (including phenoxy) is 1. The van der Waals surface area contributed by atoms with Crippen molar-refractivity contribution in [1.29, 1.82) is 0 Å². The number of piperidine rings is 1. The smallest absolute Gasteiger partial charge is 0.0599 e. The van der Waals surface area contributed by atoms with Gasteiger partial charge >= 0.3 is 0 Å². The lowest BCUT2D eigenvalue weighted by Crippen LogP contribution is -2.37. The summed E-state index contributed by atoms with van der Waals surface area (Å²) in [6, 6.07) is 0. The van der Waals surface area contributed by atoms with Crippen LogP contribution in [0, 0.1) is 0 Å². The minimum Gasteiger partial charge on any atom is -0.396 e. The zero-order valence-corrected chi connectivity index (χ0v) is 10.2. The Morgan fingerprint density at radius 2 is 1.94 bits per heavy atom. The van der Waals surface area contributed by atoms with Gasteiger partial charge in [0, 0.05) is 26.3 Å². The number of hydrogen-bond donors (Lipinski definition) is 2. The lowest BCUT2D eigenvalue weighted by atomic mass is 10.1. The Morgan fingerprint density at radius 3 is 2.56 bits per heavy atom. The van der Waals surface area contributed by atoms with E-state index in [1.807, 2.05) is 0 Å². The molecular formula is C12H26N2O2. The van der Waals surface area contributed by atoms with Crippen molar-refractivity contribution in [3.05, 3.63) is 0 Å². The minimum absolute atomic E-state index is 0.318. The summed E-state index contributed by atoms with van der Waals surface area (Å²) < 4.78 is 5.75. The summed E-state index contributed by atoms with van der Waals surface area (Å²) >= 11 is 0. The van der Waals surface area contributed by atoms with Crippen LogP contribution in [0.15, 0.2) is 0 Å². The standard InChI is InChI=1S/C12H26N2O2/c13-6-3-11-16-12-4-8-14(9-5-12)7-1-2-10-15/h12,15H,1-11,13H2. The molecule has 0 aliphatic carbocycles. The molecule has 16 heavy (non-hydrogen) atoms. The maximum Gasteiger partial charge on any atom is 0.0599 e. The van der Waals surface area contributed by atoms with Crippen LogP contribution in [0.3, 0.4) is 0 Å². The van der Waals surface area contributed by atoms with E-state index in [4.69, 9.17) is 15.6 Å². The fraction of sp³-hybridized carbons (Fsp3) is 1.00. The van der Waals surface area contributed by atoms with Gasteiger partial charge in [0.15, 0.2) is 0 Å². The van der Waals surface area contributed by atoms with E-state index in [-0.39, 0.29) is 0 Å². The Balaban J connectivity index is 2.00. The molecule has 0 spiro atoms. The first-order chi connectivity index (χ1) is 7.86. The molecule has 0 amide bonds. The van der Waals surface area contributed by atoms with Crippen LogP contribution in [0.5, 0.6) is 0 Å². The number of nitrogens with two attached hydrogens (primary N) is 1. The maximum absolute atomic E-state index is 8.71. The van der Waals surface area contributed by atoms with Crippen molar-refractivity contribution in [3.63, 3.8) is 0 Å². The summed E-state index contributed by atoms with van der Waals surface area (Å²) in [7, 11) is 0. The molecule has 4 nitrogen and oxygen atoms in total. The molecule has 0 bridgehead atoms. The third-order valence-corrected chi connectivity index (χ3v) is 3.12. The number of unbranched alkanes of at least 4 members (excludes halogenated alkanes) is 1. The van der Waals surface area contributed by atoms with Gasteiger partial charge < -0.3 is 20.5 Å². The second-order valence-electron chi connectivity index (χ2n) is 4.48. The number of nitrogens with zero attached hydrogens (tertiary/aromatic N) is 1. The van der Waals surface area contributed by atoms with Crippen LogP contribution >= 0.6 is 0 Å². The Hall–Kier alpha value is -0.160. The molecule has 0 atom stereocenters. The SMILES string of the molecule is NCCCOC1CCN(CCCCO)CC1. The van der Waals surface area contributed by atoms with Gasteiger partial charge in [0.2, 0.25) is 0 Å². The maximum atomic E-state index is 8.71. The summed E-state index contributed by atoms with van der Waals surface area (Å²) in [5, 5.41) is 8.71. The van der Waals surface area contributed by atoms with Crippen LogP contribution in [0.2, 0.25) is 0 Å². The number of aliphatic hydroxyl groups is 1. The van der Waals surface area contributed by atoms with Gasteiger partial charge in [0.1, 0.15) is 0 Å². The van der Waals surface area contributed by atoms with Crippen LogP contribution in [-0.2, 0) is 4.74 Å². The van der Waals surface area contributed by atoms with Gasteiger partial charge in [-0.2, -0.15) is 0 Å². The van der Waals surface area contributed by atoms with Gasteiger partial charge in [-0.05, 0) is 45.2 Å². The van der Waals surface area contributed by atoms with Gasteiger partial charge in [-0.25, -0.2) is 0 Å². The first-order valence-corrected chi connectivity index (χ1v) is 6.51. The zero-order valence-electron chi connectivity index (χ0n) is 10.2. The molecule has 96 valence electrons. The highest BCUT2D eigenvalue weighted by Crippen LogP contribution is 2.14. The van der Waals surface area contributed by atoms with Gasteiger partial charge in [0.05, 0.1) is 6.10 Å². The number of hydrogen-bond acceptors (Lipinski definition) is 4. The highest BCUT2D eigenvalue weighted by atomic mass is 16.5. The fourth-order valence-electron chi connectivity index (χ4n) is 2.08. The van der Waals surface area contributed by atoms with Gasteiger partial charge in [-0.15, -0.1) is 0 Å². The van der Waals surface area contributed by atoms with E-state index in [9.17, 15) is 0 Å². The topological polar surface area (TPSA) is 58.7 Å². The van der Waals surface area contributed by atoms with Crippen LogP contribution in [0.1, 0.15) is 32.1 Å². The largest absolute Gasteiger partial charge is 0.396 e. The lowest BCUT2D eigenvalue weighted by Gasteiger charge is -2.31. The van der Waals surface area contributed by atoms with Crippen LogP contribution in [0.4, 0.5) is 0 Å². The molecule has 1 aliphatic heterocycles. The van der Waals surface area contributed by atoms with E-state index in [1.165, 1.54) is 0 Å². The summed E-state index contributed by atoms with van der Waals surface area (Å²) in [6.07, 6.45) is 5.73. The Bertz CT molecular complexity index is 141. The van der Waals surface area contributed by atoms with Gasteiger partial charge in [-0.1, -0.05) is 0 Å². The van der Waals surface area contributed by atoms with Crippen molar-refractivity contribution >= 4 is 0 Å². The molecule has 1 saturated heterocycles. The average Bonchev–Trinajstić information content (AvgIpc) is 2.32. The van der Waals surface area contributed by atoms with Crippen molar-refractivity contribution in [1.82, 2.24) is 4.90 Å². The van der Waals surface area contributed by atoms with E-state index in [0.29, 0.717) is 12.7 Å².